The van der Waals surface area contributed by atoms with Crippen LogP contribution in [0.3, 0.4) is 0 Å². The van der Waals surface area contributed by atoms with Crippen molar-refractivity contribution in [2.45, 2.75) is 0 Å². The first-order valence-corrected chi connectivity index (χ1v) is 6.79. The fraction of sp³-hybridized carbons (Fsp3) is 0. The molecule has 0 aromatic heterocycles. The molecule has 0 unspecified atom stereocenters. The van der Waals surface area contributed by atoms with Gasteiger partial charge >= 0.3 is 5.97 Å². The van der Waals surface area contributed by atoms with Crippen molar-refractivity contribution < 1.29 is 9.53 Å². The zero-order valence-electron chi connectivity index (χ0n) is 10.1. The van der Waals surface area contributed by atoms with Crippen LogP contribution in [0.4, 0.5) is 0 Å². The molecule has 0 fully saturated rings. The third-order valence-electron chi connectivity index (χ3n) is 2.40. The number of hydrogen-bond acceptors (Lipinski definition) is 2. The van der Waals surface area contributed by atoms with Gasteiger partial charge in [-0.2, -0.15) is 0 Å². The molecule has 0 saturated heterocycles. The number of para-hydroxylation sites is 1. The fourth-order valence-corrected chi connectivity index (χ4v) is 1.93. The van der Waals surface area contributed by atoms with E-state index < -0.39 is 5.97 Å². The van der Waals surface area contributed by atoms with Crippen LogP contribution in [-0.4, -0.2) is 5.97 Å². The number of carbonyl (C=O) groups excluding carboxylic acids is 1. The van der Waals surface area contributed by atoms with E-state index in [9.17, 15) is 4.79 Å². The molecule has 5 heteroatoms. The average Bonchev–Trinajstić information content (AvgIpc) is 2.43. The highest BCUT2D eigenvalue weighted by Crippen LogP contribution is 2.24. The molecular formula is C15H9Cl3O2. The first-order chi connectivity index (χ1) is 9.56. The van der Waals surface area contributed by atoms with E-state index in [2.05, 4.69) is 0 Å². The molecule has 0 spiro atoms. The van der Waals surface area contributed by atoms with E-state index in [1.165, 1.54) is 6.08 Å². The molecular weight excluding hydrogens is 319 g/mol. The zero-order valence-corrected chi connectivity index (χ0v) is 12.4. The summed E-state index contributed by atoms with van der Waals surface area (Å²) in [4.78, 5) is 11.7. The van der Waals surface area contributed by atoms with Crippen molar-refractivity contribution in [1.29, 1.82) is 0 Å². The molecule has 2 rings (SSSR count). The molecule has 0 bridgehead atoms. The predicted molar refractivity (Wildman–Crippen MR) is 82.6 cm³/mol. The maximum absolute atomic E-state index is 11.7. The first kappa shape index (κ1) is 14.9. The highest BCUT2D eigenvalue weighted by Gasteiger charge is 2.04. The Labute approximate surface area is 131 Å². The van der Waals surface area contributed by atoms with Gasteiger partial charge in [0.1, 0.15) is 5.75 Å². The third kappa shape index (κ3) is 4.01. The highest BCUT2D eigenvalue weighted by molar-refractivity contribution is 6.42. The Balaban J connectivity index is 2.06. The standard InChI is InChI=1S/C15H9Cl3O2/c16-11-7-5-10(9-13(11)18)6-8-15(19)20-14-4-2-1-3-12(14)17/h1-9H/b8-6+. The topological polar surface area (TPSA) is 26.3 Å². The Morgan fingerprint density at radius 3 is 2.40 bits per heavy atom. The van der Waals surface area contributed by atoms with Crippen molar-refractivity contribution in [2.24, 2.45) is 0 Å². The van der Waals surface area contributed by atoms with Crippen molar-refractivity contribution in [3.8, 4) is 5.75 Å². The van der Waals surface area contributed by atoms with Gasteiger partial charge in [0, 0.05) is 6.08 Å². The van der Waals surface area contributed by atoms with Crippen LogP contribution in [0.2, 0.25) is 15.1 Å². The smallest absolute Gasteiger partial charge is 0.336 e. The Morgan fingerprint density at radius 2 is 1.70 bits per heavy atom. The second-order valence-corrected chi connectivity index (χ2v) is 5.08. The van der Waals surface area contributed by atoms with E-state index in [1.807, 2.05) is 0 Å². The Morgan fingerprint density at radius 1 is 0.950 bits per heavy atom. The summed E-state index contributed by atoms with van der Waals surface area (Å²) in [5.41, 5.74) is 0.746. The minimum absolute atomic E-state index is 0.318. The van der Waals surface area contributed by atoms with Crippen molar-refractivity contribution in [3.05, 3.63) is 69.2 Å². The number of esters is 1. The van der Waals surface area contributed by atoms with Crippen LogP contribution in [-0.2, 0) is 4.79 Å². The Kier molecular flexibility index (Phi) is 5.07. The Bertz CT molecular complexity index is 666. The molecule has 0 atom stereocenters. The number of halogens is 3. The first-order valence-electron chi connectivity index (χ1n) is 5.66. The van der Waals surface area contributed by atoms with E-state index >= 15 is 0 Å². The van der Waals surface area contributed by atoms with Crippen LogP contribution in [0, 0.1) is 0 Å². The summed E-state index contributed by atoms with van der Waals surface area (Å²) in [6.45, 7) is 0. The molecule has 0 saturated carbocycles. The van der Waals surface area contributed by atoms with E-state index in [0.29, 0.717) is 20.8 Å². The molecule has 102 valence electrons. The molecule has 2 nitrogen and oxygen atoms in total. The second-order valence-electron chi connectivity index (χ2n) is 3.86. The van der Waals surface area contributed by atoms with Gasteiger partial charge in [-0.3, -0.25) is 0 Å². The van der Waals surface area contributed by atoms with Gasteiger partial charge in [0.15, 0.2) is 0 Å². The van der Waals surface area contributed by atoms with Crippen LogP contribution < -0.4 is 4.74 Å². The molecule has 0 heterocycles. The lowest BCUT2D eigenvalue weighted by atomic mass is 10.2. The number of carbonyl (C=O) groups is 1. The van der Waals surface area contributed by atoms with Crippen molar-refractivity contribution in [2.75, 3.05) is 0 Å². The molecule has 2 aromatic carbocycles. The second kappa shape index (κ2) is 6.80. The summed E-state index contributed by atoms with van der Waals surface area (Å²) in [5, 5.41) is 1.26. The zero-order chi connectivity index (χ0) is 14.5. The van der Waals surface area contributed by atoms with E-state index in [4.69, 9.17) is 39.5 Å². The van der Waals surface area contributed by atoms with E-state index in [-0.39, 0.29) is 0 Å². The summed E-state index contributed by atoms with van der Waals surface area (Å²) in [6, 6.07) is 11.8. The minimum atomic E-state index is -0.524. The monoisotopic (exact) mass is 326 g/mol. The summed E-state index contributed by atoms with van der Waals surface area (Å²) in [6.07, 6.45) is 2.88. The van der Waals surface area contributed by atoms with Gasteiger partial charge in [0.25, 0.3) is 0 Å². The third-order valence-corrected chi connectivity index (χ3v) is 3.45. The highest BCUT2D eigenvalue weighted by atomic mass is 35.5. The minimum Gasteiger partial charge on any atom is -0.422 e. The summed E-state index contributed by atoms with van der Waals surface area (Å²) >= 11 is 17.6. The van der Waals surface area contributed by atoms with Gasteiger partial charge in [-0.15, -0.1) is 0 Å². The molecule has 0 aliphatic heterocycles. The number of benzene rings is 2. The molecule has 0 radical (unpaired) electrons. The predicted octanol–water partition coefficient (Wildman–Crippen LogP) is 5.27. The summed E-state index contributed by atoms with van der Waals surface area (Å²) in [7, 11) is 0. The summed E-state index contributed by atoms with van der Waals surface area (Å²) in [5.74, 6) is -0.206. The van der Waals surface area contributed by atoms with Gasteiger partial charge < -0.3 is 4.74 Å². The normalized spacial score (nSPS) is 10.8. The van der Waals surface area contributed by atoms with E-state index in [1.54, 1.807) is 48.5 Å². The molecule has 20 heavy (non-hydrogen) atoms. The molecule has 0 amide bonds. The fourth-order valence-electron chi connectivity index (χ4n) is 1.45. The lowest BCUT2D eigenvalue weighted by Gasteiger charge is -2.02. The van der Waals surface area contributed by atoms with Crippen LogP contribution >= 0.6 is 34.8 Å². The quantitative estimate of drug-likeness (QED) is 0.436. The molecule has 2 aromatic rings. The van der Waals surface area contributed by atoms with Crippen molar-refractivity contribution in [3.63, 3.8) is 0 Å². The lowest BCUT2D eigenvalue weighted by Crippen LogP contribution is -2.03. The molecule has 0 N–H and O–H groups in total. The van der Waals surface area contributed by atoms with Crippen LogP contribution in [0.1, 0.15) is 5.56 Å². The molecule has 0 aliphatic rings. The maximum atomic E-state index is 11.7. The van der Waals surface area contributed by atoms with Crippen LogP contribution in [0.5, 0.6) is 5.75 Å². The van der Waals surface area contributed by atoms with E-state index in [0.717, 1.165) is 5.56 Å². The van der Waals surface area contributed by atoms with Gasteiger partial charge in [-0.1, -0.05) is 53.0 Å². The SMILES string of the molecule is O=C(/C=C/c1ccc(Cl)c(Cl)c1)Oc1ccccc1Cl. The lowest BCUT2D eigenvalue weighted by molar-refractivity contribution is -0.128. The maximum Gasteiger partial charge on any atom is 0.336 e. The van der Waals surface area contributed by atoms with Crippen molar-refractivity contribution in [1.82, 2.24) is 0 Å². The van der Waals surface area contributed by atoms with Gasteiger partial charge in [-0.05, 0) is 35.9 Å². The average molecular weight is 328 g/mol. The largest absolute Gasteiger partial charge is 0.422 e. The van der Waals surface area contributed by atoms with Crippen LogP contribution in [0.25, 0.3) is 6.08 Å². The van der Waals surface area contributed by atoms with Crippen LogP contribution in [0.15, 0.2) is 48.5 Å². The van der Waals surface area contributed by atoms with Gasteiger partial charge in [0.05, 0.1) is 15.1 Å². The Hall–Kier alpha value is -1.48. The van der Waals surface area contributed by atoms with Crippen molar-refractivity contribution >= 4 is 46.8 Å². The number of hydrogen-bond donors (Lipinski definition) is 0. The number of ether oxygens (including phenoxy) is 1. The molecule has 0 aliphatic carbocycles. The van der Waals surface area contributed by atoms with Gasteiger partial charge in [0.2, 0.25) is 0 Å². The number of rotatable bonds is 3. The van der Waals surface area contributed by atoms with Gasteiger partial charge in [-0.25, -0.2) is 4.79 Å². The summed E-state index contributed by atoms with van der Waals surface area (Å²) < 4.78 is 5.10.